The van der Waals surface area contributed by atoms with Crippen LogP contribution in [0.4, 0.5) is 0 Å². The molecule has 5 rings (SSSR count). The maximum atomic E-state index is 10.8. The van der Waals surface area contributed by atoms with Crippen LogP contribution in [0.15, 0.2) is 35.1 Å². The normalized spacial score (nSPS) is 19.5. The number of hydrogen-bond acceptors (Lipinski definition) is 8. The quantitative estimate of drug-likeness (QED) is 0.669. The van der Waals surface area contributed by atoms with Crippen molar-refractivity contribution in [1.82, 2.24) is 20.0 Å². The predicted molar refractivity (Wildman–Crippen MR) is 112 cm³/mol. The van der Waals surface area contributed by atoms with E-state index in [4.69, 9.17) is 14.0 Å². The molecule has 0 bridgehead atoms. The van der Waals surface area contributed by atoms with Gasteiger partial charge in [0.25, 0.3) is 0 Å². The number of pyridine rings is 2. The molecule has 31 heavy (non-hydrogen) atoms. The third kappa shape index (κ3) is 3.94. The molecule has 2 aliphatic rings. The lowest BCUT2D eigenvalue weighted by molar-refractivity contribution is -0.0523. The second kappa shape index (κ2) is 8.37. The molecule has 5 heterocycles. The molecule has 1 atom stereocenters. The lowest BCUT2D eigenvalue weighted by atomic mass is 10.1. The number of aryl methyl sites for hydroxylation is 2. The van der Waals surface area contributed by atoms with E-state index in [0.29, 0.717) is 24.2 Å². The number of nitrogens with zero attached hydrogens (tertiary/aromatic N) is 4. The first kappa shape index (κ1) is 20.1. The predicted octanol–water partition coefficient (Wildman–Crippen LogP) is 3.31. The minimum Gasteiger partial charge on any atom is -0.473 e. The Balaban J connectivity index is 1.31. The van der Waals surface area contributed by atoms with E-state index in [1.807, 2.05) is 32.0 Å². The fourth-order valence-corrected chi connectivity index (χ4v) is 4.28. The fourth-order valence-electron chi connectivity index (χ4n) is 4.28. The van der Waals surface area contributed by atoms with Crippen molar-refractivity contribution in [2.75, 3.05) is 13.2 Å². The molecule has 8 nitrogen and oxygen atoms in total. The number of ether oxygens (including phenoxy) is 2. The Morgan fingerprint density at radius 3 is 2.77 bits per heavy atom. The highest BCUT2D eigenvalue weighted by molar-refractivity contribution is 5.62. The first-order chi connectivity index (χ1) is 15.1. The van der Waals surface area contributed by atoms with E-state index in [0.717, 1.165) is 59.7 Å². The lowest BCUT2D eigenvalue weighted by Crippen LogP contribution is -2.38. The third-order valence-electron chi connectivity index (χ3n) is 6.14. The SMILES string of the molecule is Cc1ccc(-c2noc(C)c2COc2cc3c(cn2)C(O)N(C2CCOCC2)C3)cn1. The van der Waals surface area contributed by atoms with Gasteiger partial charge in [-0.2, -0.15) is 0 Å². The number of aliphatic hydroxyl groups is 1. The number of fused-ring (bicyclic) bond motifs is 1. The van der Waals surface area contributed by atoms with Crippen molar-refractivity contribution < 1.29 is 19.1 Å². The Morgan fingerprint density at radius 2 is 2.00 bits per heavy atom. The van der Waals surface area contributed by atoms with E-state index in [1.165, 1.54) is 0 Å². The van der Waals surface area contributed by atoms with Gasteiger partial charge in [0.1, 0.15) is 24.3 Å². The summed E-state index contributed by atoms with van der Waals surface area (Å²) in [6.07, 6.45) is 4.76. The van der Waals surface area contributed by atoms with Crippen LogP contribution < -0.4 is 4.74 Å². The zero-order valence-corrected chi connectivity index (χ0v) is 17.7. The van der Waals surface area contributed by atoms with Gasteiger partial charge in [0.05, 0.1) is 5.56 Å². The molecule has 0 saturated carbocycles. The standard InChI is InChI=1S/C23H26N4O4/c1-14-3-4-16(10-24-14)22-20(15(2)31-26-22)13-30-21-9-17-12-27(18-5-7-29-8-6-18)23(28)19(17)11-25-21/h3-4,9-11,18,23,28H,5-8,12-13H2,1-2H3. The first-order valence-corrected chi connectivity index (χ1v) is 10.6. The summed E-state index contributed by atoms with van der Waals surface area (Å²) in [7, 11) is 0. The molecule has 1 saturated heterocycles. The second-order valence-corrected chi connectivity index (χ2v) is 8.15. The third-order valence-corrected chi connectivity index (χ3v) is 6.14. The molecule has 2 aliphatic heterocycles. The van der Waals surface area contributed by atoms with Crippen molar-refractivity contribution in [3.63, 3.8) is 0 Å². The van der Waals surface area contributed by atoms with Crippen LogP contribution in [0.3, 0.4) is 0 Å². The number of hydrogen-bond donors (Lipinski definition) is 1. The summed E-state index contributed by atoms with van der Waals surface area (Å²) in [6, 6.07) is 6.17. The molecule has 1 N–H and O–H groups in total. The van der Waals surface area contributed by atoms with E-state index in [1.54, 1.807) is 12.4 Å². The molecule has 162 valence electrons. The van der Waals surface area contributed by atoms with E-state index >= 15 is 0 Å². The average molecular weight is 422 g/mol. The molecule has 8 heteroatoms. The van der Waals surface area contributed by atoms with Crippen molar-refractivity contribution >= 4 is 0 Å². The Hall–Kier alpha value is -2.81. The van der Waals surface area contributed by atoms with E-state index in [2.05, 4.69) is 20.0 Å². The van der Waals surface area contributed by atoms with Crippen LogP contribution >= 0.6 is 0 Å². The second-order valence-electron chi connectivity index (χ2n) is 8.15. The zero-order chi connectivity index (χ0) is 21.4. The van der Waals surface area contributed by atoms with Crippen molar-refractivity contribution in [2.45, 2.75) is 52.1 Å². The number of aliphatic hydroxyl groups excluding tert-OH is 1. The maximum Gasteiger partial charge on any atom is 0.213 e. The smallest absolute Gasteiger partial charge is 0.213 e. The van der Waals surface area contributed by atoms with E-state index in [9.17, 15) is 5.11 Å². The van der Waals surface area contributed by atoms with Crippen LogP contribution in [0.25, 0.3) is 11.3 Å². The van der Waals surface area contributed by atoms with Gasteiger partial charge in [-0.15, -0.1) is 0 Å². The van der Waals surface area contributed by atoms with Gasteiger partial charge in [0, 0.05) is 61.1 Å². The Kier molecular flexibility index (Phi) is 5.43. The molecule has 1 fully saturated rings. The summed E-state index contributed by atoms with van der Waals surface area (Å²) in [4.78, 5) is 10.9. The van der Waals surface area contributed by atoms with Crippen LogP contribution in [-0.2, 0) is 17.9 Å². The summed E-state index contributed by atoms with van der Waals surface area (Å²) >= 11 is 0. The fraction of sp³-hybridized carbons (Fsp3) is 0.435. The van der Waals surface area contributed by atoms with Gasteiger partial charge >= 0.3 is 0 Å². The Bertz CT molecular complexity index is 1060. The minimum absolute atomic E-state index is 0.288. The van der Waals surface area contributed by atoms with Crippen LogP contribution in [-0.4, -0.2) is 44.4 Å². The zero-order valence-electron chi connectivity index (χ0n) is 17.7. The van der Waals surface area contributed by atoms with Gasteiger partial charge in [0.2, 0.25) is 5.88 Å². The molecule has 0 spiro atoms. The van der Waals surface area contributed by atoms with Crippen molar-refractivity contribution in [3.8, 4) is 17.1 Å². The molecule has 1 unspecified atom stereocenters. The minimum atomic E-state index is -0.624. The molecular weight excluding hydrogens is 396 g/mol. The molecule has 0 aromatic carbocycles. The van der Waals surface area contributed by atoms with Crippen molar-refractivity contribution in [3.05, 3.63) is 58.7 Å². The van der Waals surface area contributed by atoms with Crippen LogP contribution in [0.1, 0.15) is 47.2 Å². The summed E-state index contributed by atoms with van der Waals surface area (Å²) in [5, 5.41) is 15.0. The van der Waals surface area contributed by atoms with Gasteiger partial charge < -0.3 is 19.1 Å². The first-order valence-electron chi connectivity index (χ1n) is 10.6. The molecule has 0 aliphatic carbocycles. The molecule has 0 radical (unpaired) electrons. The van der Waals surface area contributed by atoms with Gasteiger partial charge in [-0.3, -0.25) is 9.88 Å². The summed E-state index contributed by atoms with van der Waals surface area (Å²) in [5.41, 5.74) is 5.34. The summed E-state index contributed by atoms with van der Waals surface area (Å²) in [6.45, 7) is 6.28. The highest BCUT2D eigenvalue weighted by atomic mass is 16.5. The highest BCUT2D eigenvalue weighted by Crippen LogP contribution is 2.36. The maximum absolute atomic E-state index is 10.8. The van der Waals surface area contributed by atoms with Crippen LogP contribution in [0.5, 0.6) is 5.88 Å². The van der Waals surface area contributed by atoms with Crippen molar-refractivity contribution in [1.29, 1.82) is 0 Å². The molecule has 3 aromatic heterocycles. The molecule has 3 aromatic rings. The van der Waals surface area contributed by atoms with Crippen molar-refractivity contribution in [2.24, 2.45) is 0 Å². The molecular formula is C23H26N4O4. The van der Waals surface area contributed by atoms with Crippen LogP contribution in [0.2, 0.25) is 0 Å². The summed E-state index contributed by atoms with van der Waals surface area (Å²) in [5.74, 6) is 1.23. The highest BCUT2D eigenvalue weighted by Gasteiger charge is 2.35. The number of aromatic nitrogens is 3. The largest absolute Gasteiger partial charge is 0.473 e. The monoisotopic (exact) mass is 422 g/mol. The van der Waals surface area contributed by atoms with Gasteiger partial charge in [0.15, 0.2) is 0 Å². The topological polar surface area (TPSA) is 93.7 Å². The Labute approximate surface area is 180 Å². The Morgan fingerprint density at radius 1 is 1.16 bits per heavy atom. The summed E-state index contributed by atoms with van der Waals surface area (Å²) < 4.78 is 16.9. The van der Waals surface area contributed by atoms with Gasteiger partial charge in [-0.05, 0) is 44.4 Å². The number of rotatable bonds is 5. The van der Waals surface area contributed by atoms with Crippen LogP contribution in [0, 0.1) is 13.8 Å². The van der Waals surface area contributed by atoms with Gasteiger partial charge in [-0.1, -0.05) is 5.16 Å². The molecule has 0 amide bonds. The van der Waals surface area contributed by atoms with Gasteiger partial charge in [-0.25, -0.2) is 4.98 Å². The average Bonchev–Trinajstić information content (AvgIpc) is 3.33. The van der Waals surface area contributed by atoms with E-state index < -0.39 is 6.23 Å². The lowest BCUT2D eigenvalue weighted by Gasteiger charge is -2.33. The van der Waals surface area contributed by atoms with E-state index in [-0.39, 0.29) is 6.61 Å².